The highest BCUT2D eigenvalue weighted by atomic mass is 16.5. The molecule has 160 valence electrons. The van der Waals surface area contributed by atoms with Crippen molar-refractivity contribution in [3.8, 4) is 0 Å². The first-order chi connectivity index (χ1) is 14.3. The van der Waals surface area contributed by atoms with Gasteiger partial charge in [-0.2, -0.15) is 4.98 Å². The first-order valence-electron chi connectivity index (χ1n) is 10.5. The zero-order chi connectivity index (χ0) is 21.4. The molecule has 0 aromatic carbocycles. The molecule has 1 aliphatic heterocycles. The molecular weight excluding hydrogens is 382 g/mol. The molecule has 0 aliphatic carbocycles. The second-order valence-corrected chi connectivity index (χ2v) is 8.16. The number of amides is 1. The van der Waals surface area contributed by atoms with Crippen LogP contribution in [0, 0.1) is 40.5 Å². The van der Waals surface area contributed by atoms with Crippen molar-refractivity contribution < 1.29 is 13.7 Å². The molecule has 8 heteroatoms. The lowest BCUT2D eigenvalue weighted by atomic mass is 9.95. The number of furan rings is 1. The predicted molar refractivity (Wildman–Crippen MR) is 114 cm³/mol. The number of hydrogen-bond donors (Lipinski definition) is 1. The van der Waals surface area contributed by atoms with Crippen molar-refractivity contribution in [1.29, 1.82) is 0 Å². The highest BCUT2D eigenvalue weighted by Crippen LogP contribution is 2.33. The van der Waals surface area contributed by atoms with Crippen LogP contribution >= 0.6 is 0 Å². The van der Waals surface area contributed by atoms with Gasteiger partial charge >= 0.3 is 0 Å². The monoisotopic (exact) mass is 411 g/mol. The van der Waals surface area contributed by atoms with E-state index in [0.717, 1.165) is 71.9 Å². The van der Waals surface area contributed by atoms with E-state index in [2.05, 4.69) is 20.4 Å². The van der Waals surface area contributed by atoms with Crippen molar-refractivity contribution in [1.82, 2.24) is 20.4 Å². The smallest absolute Gasteiger partial charge is 0.231 e. The molecule has 0 saturated carbocycles. The summed E-state index contributed by atoms with van der Waals surface area (Å²) >= 11 is 0. The highest BCUT2D eigenvalue weighted by molar-refractivity contribution is 5.90. The van der Waals surface area contributed by atoms with Crippen LogP contribution in [-0.4, -0.2) is 40.7 Å². The molecule has 4 heterocycles. The highest BCUT2D eigenvalue weighted by Gasteiger charge is 2.28. The Balaban J connectivity index is 1.37. The Morgan fingerprint density at radius 3 is 2.50 bits per heavy atom. The quantitative estimate of drug-likeness (QED) is 0.688. The molecule has 0 unspecified atom stereocenters. The van der Waals surface area contributed by atoms with Gasteiger partial charge in [-0.05, 0) is 53.9 Å². The fourth-order valence-electron chi connectivity index (χ4n) is 4.23. The van der Waals surface area contributed by atoms with Crippen LogP contribution in [0.25, 0.3) is 11.1 Å². The van der Waals surface area contributed by atoms with Crippen LogP contribution in [0.3, 0.4) is 0 Å². The Hall–Kier alpha value is -2.90. The number of rotatable bonds is 5. The molecule has 1 aliphatic rings. The molecule has 0 radical (unpaired) electrons. The fourth-order valence-corrected chi connectivity index (χ4v) is 4.23. The lowest BCUT2D eigenvalue weighted by Crippen LogP contribution is -2.41. The molecule has 0 bridgehead atoms. The van der Waals surface area contributed by atoms with Crippen molar-refractivity contribution in [2.75, 3.05) is 24.5 Å². The van der Waals surface area contributed by atoms with Gasteiger partial charge in [0.2, 0.25) is 11.6 Å². The largest absolute Gasteiger partial charge is 0.443 e. The van der Waals surface area contributed by atoms with Crippen molar-refractivity contribution in [2.45, 2.75) is 53.9 Å². The van der Waals surface area contributed by atoms with Gasteiger partial charge in [-0.25, -0.2) is 4.98 Å². The van der Waals surface area contributed by atoms with Crippen molar-refractivity contribution >= 4 is 22.8 Å². The second-order valence-electron chi connectivity index (χ2n) is 8.16. The zero-order valence-electron chi connectivity index (χ0n) is 18.3. The predicted octanol–water partition coefficient (Wildman–Crippen LogP) is 3.33. The molecule has 1 N–H and O–H groups in total. The summed E-state index contributed by atoms with van der Waals surface area (Å²) < 4.78 is 11.0. The van der Waals surface area contributed by atoms with Gasteiger partial charge < -0.3 is 19.2 Å². The SMILES string of the molecule is Cc1nc(N2CCC(C(=O)NCCc3c(C)noc3C)CC2)c2c(C)c(C)oc2n1. The second kappa shape index (κ2) is 8.08. The van der Waals surface area contributed by atoms with E-state index in [0.29, 0.717) is 18.1 Å². The van der Waals surface area contributed by atoms with E-state index in [9.17, 15) is 4.79 Å². The van der Waals surface area contributed by atoms with Crippen molar-refractivity contribution in [2.24, 2.45) is 5.92 Å². The van der Waals surface area contributed by atoms with E-state index in [-0.39, 0.29) is 11.8 Å². The summed E-state index contributed by atoms with van der Waals surface area (Å²) in [6.07, 6.45) is 2.35. The Labute approximate surface area is 176 Å². The number of aromatic nitrogens is 3. The first kappa shape index (κ1) is 20.4. The molecule has 1 fully saturated rings. The average molecular weight is 412 g/mol. The maximum Gasteiger partial charge on any atom is 0.231 e. The van der Waals surface area contributed by atoms with Crippen LogP contribution in [0.15, 0.2) is 8.94 Å². The van der Waals surface area contributed by atoms with Crippen LogP contribution in [0.2, 0.25) is 0 Å². The van der Waals surface area contributed by atoms with Gasteiger partial charge in [0.1, 0.15) is 23.2 Å². The van der Waals surface area contributed by atoms with E-state index >= 15 is 0 Å². The Bertz CT molecular complexity index is 1060. The average Bonchev–Trinajstić information content (AvgIpc) is 3.19. The number of anilines is 1. The molecule has 3 aromatic rings. The number of carbonyl (C=O) groups is 1. The summed E-state index contributed by atoms with van der Waals surface area (Å²) in [5, 5.41) is 8.04. The van der Waals surface area contributed by atoms with Gasteiger partial charge in [0, 0.05) is 36.7 Å². The van der Waals surface area contributed by atoms with Crippen LogP contribution < -0.4 is 10.2 Å². The minimum atomic E-state index is 0.0246. The third-order valence-electron chi connectivity index (χ3n) is 6.14. The van der Waals surface area contributed by atoms with Gasteiger partial charge in [0.05, 0.1) is 11.1 Å². The van der Waals surface area contributed by atoms with Crippen LogP contribution in [0.5, 0.6) is 0 Å². The minimum absolute atomic E-state index is 0.0246. The number of hydrogen-bond acceptors (Lipinski definition) is 7. The number of aryl methyl sites for hydroxylation is 5. The van der Waals surface area contributed by atoms with E-state index in [1.165, 1.54) is 0 Å². The lowest BCUT2D eigenvalue weighted by molar-refractivity contribution is -0.125. The number of carbonyl (C=O) groups excluding carboxylic acids is 1. The van der Waals surface area contributed by atoms with E-state index in [1.54, 1.807) is 0 Å². The third kappa shape index (κ3) is 3.78. The Morgan fingerprint density at radius 1 is 1.10 bits per heavy atom. The topological polar surface area (TPSA) is 97.3 Å². The summed E-state index contributed by atoms with van der Waals surface area (Å²) in [7, 11) is 0. The third-order valence-corrected chi connectivity index (χ3v) is 6.14. The number of fused-ring (bicyclic) bond motifs is 1. The molecule has 0 atom stereocenters. The molecule has 1 amide bonds. The lowest BCUT2D eigenvalue weighted by Gasteiger charge is -2.32. The Kier molecular flexibility index (Phi) is 5.49. The summed E-state index contributed by atoms with van der Waals surface area (Å²) in [4.78, 5) is 24.1. The van der Waals surface area contributed by atoms with Gasteiger partial charge in [-0.15, -0.1) is 0 Å². The Morgan fingerprint density at radius 2 is 1.83 bits per heavy atom. The fraction of sp³-hybridized carbons (Fsp3) is 0.545. The van der Waals surface area contributed by atoms with E-state index in [4.69, 9.17) is 13.9 Å². The van der Waals surface area contributed by atoms with Gasteiger partial charge in [-0.3, -0.25) is 4.79 Å². The molecule has 0 spiro atoms. The molecule has 4 rings (SSSR count). The number of piperidine rings is 1. The number of nitrogens with zero attached hydrogens (tertiary/aromatic N) is 4. The summed E-state index contributed by atoms with van der Waals surface area (Å²) in [5.41, 5.74) is 3.70. The van der Waals surface area contributed by atoms with Crippen molar-refractivity contribution in [3.05, 3.63) is 34.2 Å². The maximum absolute atomic E-state index is 12.7. The first-order valence-corrected chi connectivity index (χ1v) is 10.5. The van der Waals surface area contributed by atoms with E-state index < -0.39 is 0 Å². The van der Waals surface area contributed by atoms with Gasteiger partial charge in [0.15, 0.2) is 0 Å². The molecule has 1 saturated heterocycles. The normalized spacial score (nSPS) is 15.2. The van der Waals surface area contributed by atoms with Crippen LogP contribution in [0.4, 0.5) is 5.82 Å². The van der Waals surface area contributed by atoms with Gasteiger partial charge in [-0.1, -0.05) is 5.16 Å². The van der Waals surface area contributed by atoms with Gasteiger partial charge in [0.25, 0.3) is 0 Å². The minimum Gasteiger partial charge on any atom is -0.443 e. The van der Waals surface area contributed by atoms with Crippen LogP contribution in [0.1, 0.15) is 47.0 Å². The molecule has 30 heavy (non-hydrogen) atoms. The summed E-state index contributed by atoms with van der Waals surface area (Å²) in [6, 6.07) is 0. The van der Waals surface area contributed by atoms with Crippen LogP contribution in [-0.2, 0) is 11.2 Å². The molecule has 8 nitrogen and oxygen atoms in total. The molecule has 3 aromatic heterocycles. The molecular formula is C22H29N5O3. The van der Waals surface area contributed by atoms with Crippen molar-refractivity contribution in [3.63, 3.8) is 0 Å². The number of nitrogens with one attached hydrogen (secondary N) is 1. The summed E-state index contributed by atoms with van der Waals surface area (Å²) in [5.74, 6) is 3.47. The zero-order valence-corrected chi connectivity index (χ0v) is 18.3. The summed E-state index contributed by atoms with van der Waals surface area (Å²) in [6.45, 7) is 11.9. The maximum atomic E-state index is 12.7. The standard InChI is InChI=1S/C22H29N5O3/c1-12-14(3)29-22-19(12)20(24-16(5)25-22)27-10-7-17(8-11-27)21(28)23-9-6-18-13(2)26-30-15(18)4/h17H,6-11H2,1-5H3,(H,23,28). The van der Waals surface area contributed by atoms with E-state index in [1.807, 2.05) is 34.6 Å².